The first-order chi connectivity index (χ1) is 15.0. The number of benzene rings is 2. The molecule has 0 amide bonds. The smallest absolute Gasteiger partial charge is 0.354 e. The molecule has 0 fully saturated rings. The van der Waals surface area contributed by atoms with Gasteiger partial charge in [-0.15, -0.1) is 0 Å². The third-order valence-electron chi connectivity index (χ3n) is 4.39. The Morgan fingerprint density at radius 1 is 0.969 bits per heavy atom. The lowest BCUT2D eigenvalue weighted by molar-refractivity contribution is -0.655. The van der Waals surface area contributed by atoms with Gasteiger partial charge >= 0.3 is 5.95 Å². The van der Waals surface area contributed by atoms with E-state index in [9.17, 15) is 5.11 Å². The quantitative estimate of drug-likeness (QED) is 0.231. The van der Waals surface area contributed by atoms with E-state index in [2.05, 4.69) is 0 Å². The lowest BCUT2D eigenvalue weighted by atomic mass is 10.2. The predicted octanol–water partition coefficient (Wildman–Crippen LogP) is 2.67. The molecule has 1 heterocycles. The Morgan fingerprint density at radius 2 is 1.56 bits per heavy atom. The normalized spacial score (nSPS) is 9.25. The molecule has 0 unspecified atom stereocenters. The lowest BCUT2D eigenvalue weighted by Gasteiger charge is -2.12. The molecule has 9 nitrogen and oxygen atoms in total. The number of phenols is 1. The molecule has 9 N–H and O–H groups in total. The fraction of sp³-hybridized carbons (Fsp3) is 0.348. The van der Waals surface area contributed by atoms with Crippen molar-refractivity contribution >= 4 is 28.7 Å². The van der Waals surface area contributed by atoms with Gasteiger partial charge in [0.15, 0.2) is 0 Å². The van der Waals surface area contributed by atoms with Crippen LogP contribution in [0.15, 0.2) is 42.7 Å². The van der Waals surface area contributed by atoms with Gasteiger partial charge in [0, 0.05) is 37.6 Å². The van der Waals surface area contributed by atoms with Crippen LogP contribution in [0.1, 0.15) is 19.4 Å². The molecule has 9 heteroatoms. The average molecular weight is 447 g/mol. The molecule has 0 atom stereocenters. The zero-order chi connectivity index (χ0) is 25.0. The number of ether oxygens (including phenoxy) is 1. The number of phenolic OH excluding ortho intramolecular Hbond substituents is 1. The summed E-state index contributed by atoms with van der Waals surface area (Å²) in [5.74, 6) is 1.54. The Labute approximate surface area is 191 Å². The zero-order valence-electron chi connectivity index (χ0n) is 20.5. The fourth-order valence-electron chi connectivity index (χ4n) is 2.31. The topological polar surface area (TPSA) is 146 Å². The summed E-state index contributed by atoms with van der Waals surface area (Å²) in [7, 11) is 9.21. The van der Waals surface area contributed by atoms with E-state index >= 15 is 0 Å². The molecule has 32 heavy (non-hydrogen) atoms. The van der Waals surface area contributed by atoms with Crippen LogP contribution in [0.5, 0.6) is 11.5 Å². The third kappa shape index (κ3) is 8.55. The second kappa shape index (κ2) is 13.5. The van der Waals surface area contributed by atoms with E-state index in [0.29, 0.717) is 22.8 Å². The summed E-state index contributed by atoms with van der Waals surface area (Å²) in [6.07, 6.45) is 3.82. The minimum atomic E-state index is 0.135. The van der Waals surface area contributed by atoms with Crippen molar-refractivity contribution in [2.24, 2.45) is 14.1 Å². The summed E-state index contributed by atoms with van der Waals surface area (Å²) < 4.78 is 8.70. The second-order valence-electron chi connectivity index (χ2n) is 6.97. The molecular formula is C23H40N7O2+. The summed E-state index contributed by atoms with van der Waals surface area (Å²) in [6, 6.07) is 8.70. The van der Waals surface area contributed by atoms with E-state index in [1.165, 1.54) is 0 Å². The Balaban J connectivity index is 0.000000438. The van der Waals surface area contributed by atoms with Gasteiger partial charge in [0.05, 0.1) is 45.0 Å². The predicted molar refractivity (Wildman–Crippen MR) is 136 cm³/mol. The number of hydrogen-bond donors (Lipinski definition) is 5. The van der Waals surface area contributed by atoms with Crippen LogP contribution >= 0.6 is 0 Å². The average Bonchev–Trinajstić information content (AvgIpc) is 3.05. The molecule has 0 aliphatic rings. The Morgan fingerprint density at radius 3 is 1.94 bits per heavy atom. The molecule has 0 radical (unpaired) electrons. The van der Waals surface area contributed by atoms with E-state index in [1.807, 2.05) is 81.5 Å². The maximum Gasteiger partial charge on any atom is 0.354 e. The highest BCUT2D eigenvalue weighted by molar-refractivity contribution is 5.63. The van der Waals surface area contributed by atoms with Crippen LogP contribution in [0.25, 0.3) is 0 Å². The number of nitrogens with two attached hydrogens (primary N) is 4. The van der Waals surface area contributed by atoms with Crippen molar-refractivity contribution in [3.05, 3.63) is 48.3 Å². The molecule has 0 bridgehead atoms. The van der Waals surface area contributed by atoms with Gasteiger partial charge in [0.25, 0.3) is 0 Å². The molecule has 0 saturated carbocycles. The van der Waals surface area contributed by atoms with Gasteiger partial charge in [-0.05, 0) is 30.7 Å². The molecule has 178 valence electrons. The monoisotopic (exact) mass is 446 g/mol. The van der Waals surface area contributed by atoms with E-state index < -0.39 is 0 Å². The van der Waals surface area contributed by atoms with Crippen LogP contribution < -0.4 is 37.1 Å². The number of hydrogen-bond acceptors (Lipinski definition) is 7. The maximum absolute atomic E-state index is 9.20. The minimum Gasteiger partial charge on any atom is -0.506 e. The first-order valence-corrected chi connectivity index (χ1v) is 10.2. The highest BCUT2D eigenvalue weighted by atomic mass is 16.5. The number of imidazole rings is 1. The highest BCUT2D eigenvalue weighted by Crippen LogP contribution is 2.26. The number of nitrogens with zero attached hydrogens (tertiary/aromatic N) is 3. The summed E-state index contributed by atoms with van der Waals surface area (Å²) in [6.45, 7) is 5.91. The first-order valence-electron chi connectivity index (χ1n) is 10.2. The number of methoxy groups -OCH3 is 1. The van der Waals surface area contributed by atoms with Crippen LogP contribution in [0.3, 0.4) is 0 Å². The van der Waals surface area contributed by atoms with Crippen molar-refractivity contribution < 1.29 is 14.4 Å². The third-order valence-corrected chi connectivity index (χ3v) is 4.39. The molecule has 2 aromatic carbocycles. The van der Waals surface area contributed by atoms with E-state index in [-0.39, 0.29) is 5.75 Å². The Bertz CT molecular complexity index is 950. The van der Waals surface area contributed by atoms with Crippen molar-refractivity contribution in [1.29, 1.82) is 0 Å². The van der Waals surface area contributed by atoms with Gasteiger partial charge in [-0.1, -0.05) is 13.8 Å². The first kappa shape index (κ1) is 28.2. The molecule has 0 aliphatic heterocycles. The number of rotatable bonds is 2. The van der Waals surface area contributed by atoms with Gasteiger partial charge in [-0.3, -0.25) is 5.73 Å². The molecule has 0 aliphatic carbocycles. The summed E-state index contributed by atoms with van der Waals surface area (Å²) in [4.78, 5) is 1.90. The number of anilines is 5. The van der Waals surface area contributed by atoms with Crippen molar-refractivity contribution in [1.82, 2.24) is 4.57 Å². The van der Waals surface area contributed by atoms with Crippen LogP contribution in [0.2, 0.25) is 0 Å². The SMILES string of the molecule is CC.CN(C)c1ccc(N)c(O)c1.COc1cc(N)c(C)cc1N.Cn1cc[n+](C)c1N. The van der Waals surface area contributed by atoms with Crippen molar-refractivity contribution in [2.45, 2.75) is 20.8 Å². The molecule has 1 aromatic heterocycles. The van der Waals surface area contributed by atoms with E-state index in [0.717, 1.165) is 17.2 Å². The maximum atomic E-state index is 9.20. The van der Waals surface area contributed by atoms with Crippen LogP contribution in [0, 0.1) is 6.92 Å². The summed E-state index contributed by atoms with van der Waals surface area (Å²) in [5, 5.41) is 9.20. The lowest BCUT2D eigenvalue weighted by Crippen LogP contribution is -2.29. The molecule has 0 saturated heterocycles. The van der Waals surface area contributed by atoms with Crippen LogP contribution in [-0.4, -0.2) is 30.9 Å². The van der Waals surface area contributed by atoms with E-state index in [1.54, 1.807) is 31.4 Å². The van der Waals surface area contributed by atoms with E-state index in [4.69, 9.17) is 27.7 Å². The fourth-order valence-corrected chi connectivity index (χ4v) is 2.31. The van der Waals surface area contributed by atoms with Gasteiger partial charge in [0.1, 0.15) is 11.5 Å². The standard InChI is InChI=1S/2C8H12N2O.C5H9N3.C2H6/c1-5-3-7(10)8(11-2)4-6(5)9;1-10(2)6-3-4-7(9)8(11)5-6;1-7-3-4-8(2)5(7)6;1-2/h3-4H,9-10H2,1-2H3;3-5,11H,9H2,1-2H3;3-4,6H,1-2H3;1-2H3/p+1. The number of aromatic nitrogens is 2. The number of aromatic hydroxyl groups is 1. The zero-order valence-corrected chi connectivity index (χ0v) is 20.5. The largest absolute Gasteiger partial charge is 0.506 e. The van der Waals surface area contributed by atoms with Crippen LogP contribution in [-0.2, 0) is 14.1 Å². The Hall–Kier alpha value is -3.75. The number of nitrogen functional groups attached to an aromatic ring is 4. The second-order valence-corrected chi connectivity index (χ2v) is 6.97. The van der Waals surface area contributed by atoms with Crippen molar-refractivity contribution in [3.63, 3.8) is 0 Å². The molecular weight excluding hydrogens is 406 g/mol. The molecule has 0 spiro atoms. The van der Waals surface area contributed by atoms with Crippen molar-refractivity contribution in [2.75, 3.05) is 49.0 Å². The van der Waals surface area contributed by atoms with Crippen LogP contribution in [0.4, 0.5) is 28.7 Å². The van der Waals surface area contributed by atoms with Gasteiger partial charge in [0.2, 0.25) is 0 Å². The Kier molecular flexibility index (Phi) is 11.9. The number of aryl methyl sites for hydroxylation is 3. The van der Waals surface area contributed by atoms with Gasteiger partial charge in [-0.2, -0.15) is 0 Å². The van der Waals surface area contributed by atoms with Gasteiger partial charge < -0.3 is 31.9 Å². The van der Waals surface area contributed by atoms with Gasteiger partial charge in [-0.25, -0.2) is 9.13 Å². The minimum absolute atomic E-state index is 0.135. The summed E-state index contributed by atoms with van der Waals surface area (Å²) >= 11 is 0. The molecule has 3 rings (SSSR count). The summed E-state index contributed by atoms with van der Waals surface area (Å²) in [5.41, 5.74) is 25.9. The van der Waals surface area contributed by atoms with Crippen molar-refractivity contribution in [3.8, 4) is 11.5 Å². The highest BCUT2D eigenvalue weighted by Gasteiger charge is 2.02. The molecule has 3 aromatic rings.